The van der Waals surface area contributed by atoms with Crippen molar-refractivity contribution in [3.05, 3.63) is 47.9 Å². The predicted molar refractivity (Wildman–Crippen MR) is 90.1 cm³/mol. The fourth-order valence-electron chi connectivity index (χ4n) is 3.24. The number of likely N-dealkylation sites (tertiary alicyclic amines) is 1. The van der Waals surface area contributed by atoms with Crippen LogP contribution in [0.2, 0.25) is 0 Å². The topological polar surface area (TPSA) is 53.9 Å². The van der Waals surface area contributed by atoms with Gasteiger partial charge in [-0.15, -0.1) is 0 Å². The SMILES string of the molecule is Fc1cncc(CN2CCC(Nc3ccnc(C4CC4)n3)CC2)c1. The average Bonchev–Trinajstić information content (AvgIpc) is 3.42. The number of anilines is 1. The first-order valence-electron chi connectivity index (χ1n) is 8.67. The lowest BCUT2D eigenvalue weighted by atomic mass is 10.0. The molecule has 2 fully saturated rings. The van der Waals surface area contributed by atoms with Crippen molar-refractivity contribution < 1.29 is 4.39 Å². The van der Waals surface area contributed by atoms with Crippen LogP contribution in [0, 0.1) is 5.82 Å². The van der Waals surface area contributed by atoms with E-state index in [2.05, 4.69) is 25.2 Å². The summed E-state index contributed by atoms with van der Waals surface area (Å²) in [6.45, 7) is 2.75. The second-order valence-corrected chi connectivity index (χ2v) is 6.78. The Balaban J connectivity index is 1.29. The number of aromatic nitrogens is 3. The highest BCUT2D eigenvalue weighted by Crippen LogP contribution is 2.38. The van der Waals surface area contributed by atoms with E-state index in [0.29, 0.717) is 12.0 Å². The standard InChI is InChI=1S/C18H22FN5/c19-15-9-13(10-20-11-15)12-24-7-4-16(5-8-24)22-17-3-6-21-18(23-17)14-1-2-14/h3,6,9-11,14,16H,1-2,4-5,7-8,12H2,(H,21,22,23). The number of nitrogens with one attached hydrogen (secondary N) is 1. The maximum atomic E-state index is 13.2. The summed E-state index contributed by atoms with van der Waals surface area (Å²) in [5.41, 5.74) is 0.936. The number of hydrogen-bond donors (Lipinski definition) is 1. The minimum absolute atomic E-state index is 0.265. The van der Waals surface area contributed by atoms with Gasteiger partial charge in [-0.1, -0.05) is 0 Å². The maximum Gasteiger partial charge on any atom is 0.141 e. The van der Waals surface area contributed by atoms with Crippen LogP contribution in [0.4, 0.5) is 10.2 Å². The highest BCUT2D eigenvalue weighted by atomic mass is 19.1. The van der Waals surface area contributed by atoms with Gasteiger partial charge in [-0.3, -0.25) is 9.88 Å². The maximum absolute atomic E-state index is 13.2. The molecule has 6 heteroatoms. The van der Waals surface area contributed by atoms with Crippen LogP contribution in [0.15, 0.2) is 30.7 Å². The molecule has 0 radical (unpaired) electrons. The summed E-state index contributed by atoms with van der Waals surface area (Å²) >= 11 is 0. The van der Waals surface area contributed by atoms with E-state index in [1.54, 1.807) is 12.3 Å². The Morgan fingerprint density at radius 2 is 2.00 bits per heavy atom. The van der Waals surface area contributed by atoms with Gasteiger partial charge in [-0.05, 0) is 43.4 Å². The van der Waals surface area contributed by atoms with Crippen LogP contribution >= 0.6 is 0 Å². The molecule has 24 heavy (non-hydrogen) atoms. The van der Waals surface area contributed by atoms with Gasteiger partial charge in [0.2, 0.25) is 0 Å². The van der Waals surface area contributed by atoms with Crippen LogP contribution in [-0.2, 0) is 6.54 Å². The van der Waals surface area contributed by atoms with Gasteiger partial charge < -0.3 is 5.32 Å². The molecule has 0 atom stereocenters. The molecule has 0 spiro atoms. The minimum Gasteiger partial charge on any atom is -0.367 e. The molecule has 1 N–H and O–H groups in total. The van der Waals surface area contributed by atoms with E-state index in [0.717, 1.165) is 49.7 Å². The Morgan fingerprint density at radius 1 is 1.17 bits per heavy atom. The van der Waals surface area contributed by atoms with Crippen LogP contribution in [0.3, 0.4) is 0 Å². The van der Waals surface area contributed by atoms with Crippen LogP contribution in [0.5, 0.6) is 0 Å². The summed E-state index contributed by atoms with van der Waals surface area (Å²) in [7, 11) is 0. The molecule has 126 valence electrons. The van der Waals surface area contributed by atoms with E-state index in [9.17, 15) is 4.39 Å². The normalized spacial score (nSPS) is 19.4. The summed E-state index contributed by atoms with van der Waals surface area (Å²) in [6, 6.07) is 3.96. The predicted octanol–water partition coefficient (Wildman–Crippen LogP) is 2.96. The Labute approximate surface area is 141 Å². The second kappa shape index (κ2) is 6.81. The van der Waals surface area contributed by atoms with Crippen molar-refractivity contribution in [2.75, 3.05) is 18.4 Å². The lowest BCUT2D eigenvalue weighted by molar-refractivity contribution is 0.210. The summed E-state index contributed by atoms with van der Waals surface area (Å²) in [5, 5.41) is 3.55. The van der Waals surface area contributed by atoms with Gasteiger partial charge in [0.1, 0.15) is 17.5 Å². The molecular weight excluding hydrogens is 305 g/mol. The molecule has 0 bridgehead atoms. The molecule has 1 aliphatic heterocycles. The third kappa shape index (κ3) is 3.87. The molecule has 1 aliphatic carbocycles. The van der Waals surface area contributed by atoms with Crippen molar-refractivity contribution in [1.82, 2.24) is 19.9 Å². The smallest absolute Gasteiger partial charge is 0.141 e. The van der Waals surface area contributed by atoms with E-state index in [4.69, 9.17) is 0 Å². The van der Waals surface area contributed by atoms with E-state index >= 15 is 0 Å². The number of halogens is 1. The molecule has 0 unspecified atom stereocenters. The van der Waals surface area contributed by atoms with Gasteiger partial charge in [-0.25, -0.2) is 14.4 Å². The minimum atomic E-state index is -0.265. The van der Waals surface area contributed by atoms with Crippen molar-refractivity contribution in [1.29, 1.82) is 0 Å². The van der Waals surface area contributed by atoms with Crippen LogP contribution in [0.1, 0.15) is 43.0 Å². The lowest BCUT2D eigenvalue weighted by Gasteiger charge is -2.32. The highest BCUT2D eigenvalue weighted by molar-refractivity contribution is 5.35. The zero-order chi connectivity index (χ0) is 16.4. The molecule has 1 saturated heterocycles. The quantitative estimate of drug-likeness (QED) is 0.915. The summed E-state index contributed by atoms with van der Waals surface area (Å²) < 4.78 is 13.2. The molecule has 2 aromatic rings. The van der Waals surface area contributed by atoms with Crippen LogP contribution < -0.4 is 5.32 Å². The van der Waals surface area contributed by atoms with Gasteiger partial charge in [0.05, 0.1) is 6.20 Å². The first kappa shape index (κ1) is 15.4. The largest absolute Gasteiger partial charge is 0.367 e. The van der Waals surface area contributed by atoms with Gasteiger partial charge in [-0.2, -0.15) is 0 Å². The molecule has 4 rings (SSSR count). The van der Waals surface area contributed by atoms with Crippen molar-refractivity contribution in [3.8, 4) is 0 Å². The Hall–Kier alpha value is -2.08. The van der Waals surface area contributed by atoms with Gasteiger partial charge >= 0.3 is 0 Å². The average molecular weight is 327 g/mol. The van der Waals surface area contributed by atoms with Crippen molar-refractivity contribution in [3.63, 3.8) is 0 Å². The fourth-order valence-corrected chi connectivity index (χ4v) is 3.24. The van der Waals surface area contributed by atoms with E-state index in [-0.39, 0.29) is 5.82 Å². The van der Waals surface area contributed by atoms with Gasteiger partial charge in [0.15, 0.2) is 0 Å². The van der Waals surface area contributed by atoms with Gasteiger partial charge in [0, 0.05) is 44.0 Å². The highest BCUT2D eigenvalue weighted by Gasteiger charge is 2.27. The second-order valence-electron chi connectivity index (χ2n) is 6.78. The van der Waals surface area contributed by atoms with Crippen molar-refractivity contribution >= 4 is 5.82 Å². The zero-order valence-corrected chi connectivity index (χ0v) is 13.7. The van der Waals surface area contributed by atoms with Crippen molar-refractivity contribution in [2.45, 2.75) is 44.2 Å². The number of nitrogens with zero attached hydrogens (tertiary/aromatic N) is 4. The molecule has 0 aromatic carbocycles. The first-order chi connectivity index (χ1) is 11.8. The summed E-state index contributed by atoms with van der Waals surface area (Å²) in [4.78, 5) is 15.3. The lowest BCUT2D eigenvalue weighted by Crippen LogP contribution is -2.38. The molecule has 2 aliphatic rings. The Morgan fingerprint density at radius 3 is 2.75 bits per heavy atom. The Kier molecular flexibility index (Phi) is 4.38. The third-order valence-electron chi connectivity index (χ3n) is 4.72. The van der Waals surface area contributed by atoms with E-state index in [1.165, 1.54) is 19.0 Å². The zero-order valence-electron chi connectivity index (χ0n) is 13.7. The monoisotopic (exact) mass is 327 g/mol. The fraction of sp³-hybridized carbons (Fsp3) is 0.500. The van der Waals surface area contributed by atoms with E-state index < -0.39 is 0 Å². The van der Waals surface area contributed by atoms with Crippen molar-refractivity contribution in [2.24, 2.45) is 0 Å². The molecule has 0 amide bonds. The number of rotatable bonds is 5. The number of pyridine rings is 1. The number of piperidine rings is 1. The Bertz CT molecular complexity index is 695. The summed E-state index contributed by atoms with van der Waals surface area (Å²) in [5.74, 6) is 2.24. The molecule has 3 heterocycles. The van der Waals surface area contributed by atoms with Crippen LogP contribution in [0.25, 0.3) is 0 Å². The number of hydrogen-bond acceptors (Lipinski definition) is 5. The first-order valence-corrected chi connectivity index (χ1v) is 8.67. The molecule has 2 aromatic heterocycles. The third-order valence-corrected chi connectivity index (χ3v) is 4.72. The van der Waals surface area contributed by atoms with Gasteiger partial charge in [0.25, 0.3) is 0 Å². The molecular formula is C18H22FN5. The van der Waals surface area contributed by atoms with E-state index in [1.807, 2.05) is 12.3 Å². The summed E-state index contributed by atoms with van der Waals surface area (Å²) in [6.07, 6.45) is 9.41. The molecule has 1 saturated carbocycles. The van der Waals surface area contributed by atoms with Crippen LogP contribution in [-0.4, -0.2) is 39.0 Å². The molecule has 5 nitrogen and oxygen atoms in total.